The van der Waals surface area contributed by atoms with E-state index in [0.717, 1.165) is 24.9 Å². The normalized spacial score (nSPS) is 19.6. The van der Waals surface area contributed by atoms with Gasteiger partial charge in [0.15, 0.2) is 0 Å². The maximum absolute atomic E-state index is 12.1. The minimum Gasteiger partial charge on any atom is -0.508 e. The zero-order chi connectivity index (χ0) is 12.3. The number of benzene rings is 1. The van der Waals surface area contributed by atoms with Gasteiger partial charge in [0.05, 0.1) is 6.42 Å². The van der Waals surface area contributed by atoms with Crippen LogP contribution in [0.15, 0.2) is 24.3 Å². The number of phenolic OH excluding ortho intramolecular Hbond substituents is 1. The summed E-state index contributed by atoms with van der Waals surface area (Å²) in [6.07, 6.45) is 2.36. The van der Waals surface area contributed by atoms with Crippen molar-refractivity contribution in [1.82, 2.24) is 4.90 Å². The highest BCUT2D eigenvalue weighted by Gasteiger charge is 2.27. The largest absolute Gasteiger partial charge is 0.508 e. The summed E-state index contributed by atoms with van der Waals surface area (Å²) in [5, 5.41) is 9.34. The van der Waals surface area contributed by atoms with E-state index < -0.39 is 0 Å². The first-order valence-corrected chi connectivity index (χ1v) is 6.37. The number of hydrogen-bond acceptors (Lipinski definition) is 2. The van der Waals surface area contributed by atoms with Crippen LogP contribution < -0.4 is 0 Å². The van der Waals surface area contributed by atoms with Crippen molar-refractivity contribution >= 4 is 17.5 Å². The molecule has 1 fully saturated rings. The summed E-state index contributed by atoms with van der Waals surface area (Å²) in [6.45, 7) is 0.801. The molecule has 1 aliphatic rings. The van der Waals surface area contributed by atoms with Gasteiger partial charge in [0.1, 0.15) is 5.75 Å². The van der Waals surface area contributed by atoms with E-state index >= 15 is 0 Å². The number of alkyl halides is 1. The van der Waals surface area contributed by atoms with Crippen LogP contribution >= 0.6 is 11.6 Å². The van der Waals surface area contributed by atoms with Gasteiger partial charge in [-0.1, -0.05) is 12.1 Å². The summed E-state index contributed by atoms with van der Waals surface area (Å²) < 4.78 is 0. The fourth-order valence-electron chi connectivity index (χ4n) is 2.27. The molecule has 1 aromatic rings. The molecule has 92 valence electrons. The molecule has 0 aliphatic carbocycles. The predicted molar refractivity (Wildman–Crippen MR) is 67.3 cm³/mol. The molecule has 1 N–H and O–H groups in total. The summed E-state index contributed by atoms with van der Waals surface area (Å²) in [5.41, 5.74) is 0.843. The second-order valence-corrected chi connectivity index (χ2v) is 4.69. The molecule has 0 radical (unpaired) electrons. The van der Waals surface area contributed by atoms with E-state index in [1.807, 2.05) is 11.0 Å². The quantitative estimate of drug-likeness (QED) is 0.839. The highest BCUT2D eigenvalue weighted by atomic mass is 35.5. The molecule has 0 saturated carbocycles. The number of hydrogen-bond donors (Lipinski definition) is 1. The lowest BCUT2D eigenvalue weighted by Gasteiger charge is -2.22. The van der Waals surface area contributed by atoms with Crippen molar-refractivity contribution in [3.63, 3.8) is 0 Å². The van der Waals surface area contributed by atoms with E-state index in [1.54, 1.807) is 18.2 Å². The van der Waals surface area contributed by atoms with Gasteiger partial charge in [-0.2, -0.15) is 0 Å². The first kappa shape index (κ1) is 12.2. The molecule has 4 heteroatoms. The molecule has 3 nitrogen and oxygen atoms in total. The Hall–Kier alpha value is -1.22. The summed E-state index contributed by atoms with van der Waals surface area (Å²) in [5.74, 6) is 0.801. The molecule has 2 rings (SSSR count). The van der Waals surface area contributed by atoms with E-state index in [0.29, 0.717) is 12.3 Å². The van der Waals surface area contributed by atoms with Gasteiger partial charge in [0, 0.05) is 18.5 Å². The second kappa shape index (κ2) is 5.41. The number of nitrogens with zero attached hydrogens (tertiary/aromatic N) is 1. The van der Waals surface area contributed by atoms with Gasteiger partial charge in [0.2, 0.25) is 5.91 Å². The van der Waals surface area contributed by atoms with Crippen molar-refractivity contribution in [2.24, 2.45) is 0 Å². The molecule has 1 aromatic carbocycles. The Morgan fingerprint density at radius 2 is 2.35 bits per heavy atom. The third-order valence-corrected chi connectivity index (χ3v) is 3.50. The fourth-order valence-corrected chi connectivity index (χ4v) is 2.59. The monoisotopic (exact) mass is 253 g/mol. The van der Waals surface area contributed by atoms with Crippen molar-refractivity contribution in [3.05, 3.63) is 29.8 Å². The Kier molecular flexibility index (Phi) is 3.89. The van der Waals surface area contributed by atoms with E-state index in [1.165, 1.54) is 0 Å². The molecular formula is C13H16ClNO2. The highest BCUT2D eigenvalue weighted by Crippen LogP contribution is 2.20. The van der Waals surface area contributed by atoms with Gasteiger partial charge in [-0.25, -0.2) is 0 Å². The summed E-state index contributed by atoms with van der Waals surface area (Å²) in [4.78, 5) is 13.9. The van der Waals surface area contributed by atoms with Crippen molar-refractivity contribution in [2.75, 3.05) is 12.4 Å². The van der Waals surface area contributed by atoms with Crippen LogP contribution in [0.5, 0.6) is 5.75 Å². The van der Waals surface area contributed by atoms with E-state index in [4.69, 9.17) is 11.6 Å². The smallest absolute Gasteiger partial charge is 0.227 e. The molecular weight excluding hydrogens is 238 g/mol. The van der Waals surface area contributed by atoms with Crippen LogP contribution in [0.25, 0.3) is 0 Å². The summed E-state index contributed by atoms with van der Waals surface area (Å²) in [7, 11) is 0. The maximum atomic E-state index is 12.1. The molecule has 1 atom stereocenters. The Balaban J connectivity index is 2.01. The van der Waals surface area contributed by atoms with Crippen LogP contribution in [-0.4, -0.2) is 34.4 Å². The maximum Gasteiger partial charge on any atom is 0.227 e. The first-order valence-electron chi connectivity index (χ1n) is 5.84. The zero-order valence-electron chi connectivity index (χ0n) is 9.60. The van der Waals surface area contributed by atoms with Crippen LogP contribution in [0.2, 0.25) is 0 Å². The van der Waals surface area contributed by atoms with Gasteiger partial charge >= 0.3 is 0 Å². The topological polar surface area (TPSA) is 40.5 Å². The van der Waals surface area contributed by atoms with E-state index in [-0.39, 0.29) is 17.7 Å². The van der Waals surface area contributed by atoms with Crippen molar-refractivity contribution in [2.45, 2.75) is 25.3 Å². The zero-order valence-corrected chi connectivity index (χ0v) is 10.4. The van der Waals surface area contributed by atoms with Crippen molar-refractivity contribution in [3.8, 4) is 5.75 Å². The molecule has 0 aromatic heterocycles. The molecule has 1 amide bonds. The van der Waals surface area contributed by atoms with Crippen LogP contribution in [0.1, 0.15) is 18.4 Å². The molecule has 17 heavy (non-hydrogen) atoms. The first-order chi connectivity index (χ1) is 8.20. The number of aromatic hydroxyl groups is 1. The van der Waals surface area contributed by atoms with Gasteiger partial charge in [0.25, 0.3) is 0 Å². The predicted octanol–water partition coefficient (Wildman–Crippen LogP) is 2.16. The highest BCUT2D eigenvalue weighted by molar-refractivity contribution is 6.18. The van der Waals surface area contributed by atoms with Crippen molar-refractivity contribution < 1.29 is 9.90 Å². The number of carbonyl (C=O) groups excluding carboxylic acids is 1. The molecule has 1 unspecified atom stereocenters. The number of likely N-dealkylation sites (tertiary alicyclic amines) is 1. The summed E-state index contributed by atoms with van der Waals surface area (Å²) in [6, 6.07) is 7.01. The molecule has 1 aliphatic heterocycles. The molecule has 0 bridgehead atoms. The number of carbonyl (C=O) groups is 1. The minimum atomic E-state index is 0.0961. The van der Waals surface area contributed by atoms with Crippen LogP contribution in [0.3, 0.4) is 0 Å². The standard InChI is InChI=1S/C13H16ClNO2/c14-9-11-4-2-6-15(11)13(17)8-10-3-1-5-12(16)7-10/h1,3,5,7,11,16H,2,4,6,8-9H2. The van der Waals surface area contributed by atoms with Gasteiger partial charge in [-0.3, -0.25) is 4.79 Å². The number of rotatable bonds is 3. The average Bonchev–Trinajstić information content (AvgIpc) is 2.77. The Morgan fingerprint density at radius 1 is 1.53 bits per heavy atom. The lowest BCUT2D eigenvalue weighted by molar-refractivity contribution is -0.130. The van der Waals surface area contributed by atoms with Crippen LogP contribution in [0.4, 0.5) is 0 Å². The molecule has 1 saturated heterocycles. The number of phenols is 1. The minimum absolute atomic E-state index is 0.0961. The lowest BCUT2D eigenvalue weighted by atomic mass is 10.1. The fraction of sp³-hybridized carbons (Fsp3) is 0.462. The van der Waals surface area contributed by atoms with Gasteiger partial charge < -0.3 is 10.0 Å². The van der Waals surface area contributed by atoms with E-state index in [2.05, 4.69) is 0 Å². The lowest BCUT2D eigenvalue weighted by Crippen LogP contribution is -2.37. The van der Waals surface area contributed by atoms with E-state index in [9.17, 15) is 9.90 Å². The van der Waals surface area contributed by atoms with Crippen LogP contribution in [-0.2, 0) is 11.2 Å². The molecule has 1 heterocycles. The Bertz CT molecular complexity index is 408. The SMILES string of the molecule is O=C(Cc1cccc(O)c1)N1CCCC1CCl. The second-order valence-electron chi connectivity index (χ2n) is 4.38. The Morgan fingerprint density at radius 3 is 3.06 bits per heavy atom. The number of amides is 1. The van der Waals surface area contributed by atoms with Crippen LogP contribution in [0, 0.1) is 0 Å². The van der Waals surface area contributed by atoms with Gasteiger partial charge in [-0.05, 0) is 30.5 Å². The third-order valence-electron chi connectivity index (χ3n) is 3.14. The average molecular weight is 254 g/mol. The Labute approximate surface area is 106 Å². The number of halogens is 1. The van der Waals surface area contributed by atoms with Gasteiger partial charge in [-0.15, -0.1) is 11.6 Å². The third kappa shape index (κ3) is 2.91. The molecule has 0 spiro atoms. The van der Waals surface area contributed by atoms with Crippen molar-refractivity contribution in [1.29, 1.82) is 0 Å². The summed E-state index contributed by atoms with van der Waals surface area (Å²) >= 11 is 5.84.